The number of thiocarbonyl (C=S) groups is 1. The van der Waals surface area contributed by atoms with E-state index < -0.39 is 0 Å². The first-order valence-electron chi connectivity index (χ1n) is 20.6. The second kappa shape index (κ2) is 30.6. The number of anilines is 1. The predicted octanol–water partition coefficient (Wildman–Crippen LogP) is 14.4. The van der Waals surface area contributed by atoms with E-state index in [1.54, 1.807) is 17.5 Å². The fraction of sp³-hybridized carbons (Fsp3) is 0.810. The molecule has 0 spiro atoms. The minimum Gasteiger partial charge on any atom is -0.302 e. The number of hydrazone groups is 1. The Labute approximate surface area is 296 Å². The van der Waals surface area contributed by atoms with Crippen LogP contribution in [0, 0.1) is 5.82 Å². The Bertz CT molecular complexity index is 890. The highest BCUT2D eigenvalue weighted by molar-refractivity contribution is 7.79. The van der Waals surface area contributed by atoms with Crippen molar-refractivity contribution in [2.45, 2.75) is 219 Å². The van der Waals surface area contributed by atoms with Crippen LogP contribution < -0.4 is 10.3 Å². The molecule has 1 aromatic carbocycles. The summed E-state index contributed by atoms with van der Waals surface area (Å²) in [6.07, 6.45) is 44.8. The number of nitrogens with zero attached hydrogens (tertiary/aromatic N) is 2. The zero-order chi connectivity index (χ0) is 33.5. The van der Waals surface area contributed by atoms with E-state index in [9.17, 15) is 4.39 Å². The molecule has 1 aromatic rings. The van der Waals surface area contributed by atoms with Crippen molar-refractivity contribution in [2.75, 3.05) is 4.90 Å². The van der Waals surface area contributed by atoms with Gasteiger partial charge in [-0.05, 0) is 24.6 Å². The van der Waals surface area contributed by atoms with Crippen molar-refractivity contribution in [3.8, 4) is 0 Å². The second-order valence-corrected chi connectivity index (χ2v) is 14.7. The summed E-state index contributed by atoms with van der Waals surface area (Å²) in [5.74, 6) is 0.722. The van der Waals surface area contributed by atoms with Gasteiger partial charge in [0.1, 0.15) is 17.8 Å². The SMILES string of the molecule is CCCCCCCCCCCCCCCCCCCCCCCCCCCCCCCCCC1=NNC(C=S)N1c1cccc(F)c1. The van der Waals surface area contributed by atoms with Crippen molar-refractivity contribution in [1.29, 1.82) is 0 Å². The van der Waals surface area contributed by atoms with Crippen molar-refractivity contribution in [2.24, 2.45) is 5.10 Å². The van der Waals surface area contributed by atoms with Crippen LogP contribution in [0.25, 0.3) is 0 Å². The van der Waals surface area contributed by atoms with Gasteiger partial charge in [0.2, 0.25) is 0 Å². The fourth-order valence-corrected chi connectivity index (χ4v) is 7.28. The van der Waals surface area contributed by atoms with E-state index in [2.05, 4.69) is 17.5 Å². The lowest BCUT2D eigenvalue weighted by atomic mass is 10.0. The highest BCUT2D eigenvalue weighted by Crippen LogP contribution is 2.23. The third kappa shape index (κ3) is 22.0. The topological polar surface area (TPSA) is 27.6 Å². The Morgan fingerprint density at radius 3 is 1.30 bits per heavy atom. The second-order valence-electron chi connectivity index (χ2n) is 14.4. The molecule has 1 aliphatic rings. The molecule has 0 radical (unpaired) electrons. The van der Waals surface area contributed by atoms with Crippen molar-refractivity contribution < 1.29 is 4.39 Å². The van der Waals surface area contributed by atoms with Crippen LogP contribution in [0.3, 0.4) is 0 Å². The molecule has 1 aliphatic heterocycles. The molecule has 0 saturated carbocycles. The minimum absolute atomic E-state index is 0.180. The third-order valence-electron chi connectivity index (χ3n) is 10.1. The Balaban J connectivity index is 1.24. The van der Waals surface area contributed by atoms with Crippen LogP contribution in [0.4, 0.5) is 10.1 Å². The van der Waals surface area contributed by atoms with Gasteiger partial charge < -0.3 is 4.90 Å². The average molecular weight is 672 g/mol. The van der Waals surface area contributed by atoms with E-state index in [-0.39, 0.29) is 12.0 Å². The monoisotopic (exact) mass is 672 g/mol. The van der Waals surface area contributed by atoms with Gasteiger partial charge in [0.25, 0.3) is 0 Å². The largest absolute Gasteiger partial charge is 0.302 e. The Kier molecular flexibility index (Phi) is 27.1. The molecule has 1 heterocycles. The van der Waals surface area contributed by atoms with Gasteiger partial charge in [0, 0.05) is 17.5 Å². The summed E-state index contributed by atoms with van der Waals surface area (Å²) in [5.41, 5.74) is 3.89. The standard InChI is InChI=1S/C42H74FN3S/c1-2-3-4-5-6-7-8-9-10-11-12-13-14-15-16-17-18-19-20-21-22-23-24-25-26-27-28-29-30-31-32-36-41-44-45-42(38-47)46(41)40-35-33-34-39(43)37-40/h33-35,37-38,42,45H,2-32,36H2,1H3. The number of hydrogen-bond donors (Lipinski definition) is 1. The molecule has 0 bridgehead atoms. The number of hydrogen-bond acceptors (Lipinski definition) is 4. The lowest BCUT2D eigenvalue weighted by Gasteiger charge is -2.24. The first-order chi connectivity index (χ1) is 23.3. The quantitative estimate of drug-likeness (QED) is 0.0584. The lowest BCUT2D eigenvalue weighted by molar-refractivity contribution is 0.512. The maximum absolute atomic E-state index is 13.8. The molecule has 270 valence electrons. The molecule has 0 amide bonds. The van der Waals surface area contributed by atoms with Crippen molar-refractivity contribution in [1.82, 2.24) is 5.43 Å². The third-order valence-corrected chi connectivity index (χ3v) is 10.4. The average Bonchev–Trinajstić information content (AvgIpc) is 3.50. The van der Waals surface area contributed by atoms with Crippen LogP contribution in [0.1, 0.15) is 212 Å². The van der Waals surface area contributed by atoms with Gasteiger partial charge >= 0.3 is 0 Å². The number of benzene rings is 1. The van der Waals surface area contributed by atoms with E-state index >= 15 is 0 Å². The normalized spacial score (nSPS) is 14.5. The number of rotatable bonds is 34. The van der Waals surface area contributed by atoms with Gasteiger partial charge in [-0.15, -0.1) is 0 Å². The molecular formula is C42H74FN3S. The number of amidine groups is 1. The predicted molar refractivity (Wildman–Crippen MR) is 210 cm³/mol. The first kappa shape index (κ1) is 41.7. The van der Waals surface area contributed by atoms with Crippen LogP contribution in [-0.4, -0.2) is 17.4 Å². The summed E-state index contributed by atoms with van der Waals surface area (Å²) in [6.45, 7) is 2.30. The molecule has 0 fully saturated rings. The fourth-order valence-electron chi connectivity index (χ4n) is 7.10. The van der Waals surface area contributed by atoms with Crippen molar-refractivity contribution in [3.05, 3.63) is 30.1 Å². The summed E-state index contributed by atoms with van der Waals surface area (Å²) in [6, 6.07) is 6.68. The van der Waals surface area contributed by atoms with Gasteiger partial charge in [0.05, 0.1) is 0 Å². The molecule has 2 rings (SSSR count). The molecule has 47 heavy (non-hydrogen) atoms. The highest BCUT2D eigenvalue weighted by atomic mass is 32.1. The molecular weight excluding hydrogens is 598 g/mol. The molecule has 0 aromatic heterocycles. The molecule has 1 atom stereocenters. The smallest absolute Gasteiger partial charge is 0.150 e. The van der Waals surface area contributed by atoms with Crippen LogP contribution in [0.15, 0.2) is 29.4 Å². The van der Waals surface area contributed by atoms with Crippen LogP contribution in [0.5, 0.6) is 0 Å². The van der Waals surface area contributed by atoms with Gasteiger partial charge in [-0.3, -0.25) is 5.43 Å². The zero-order valence-electron chi connectivity index (χ0n) is 30.8. The van der Waals surface area contributed by atoms with Crippen molar-refractivity contribution >= 4 is 29.1 Å². The Morgan fingerprint density at radius 2 is 0.957 bits per heavy atom. The van der Waals surface area contributed by atoms with Gasteiger partial charge in [-0.2, -0.15) is 5.10 Å². The maximum atomic E-state index is 13.8. The maximum Gasteiger partial charge on any atom is 0.150 e. The van der Waals surface area contributed by atoms with Crippen LogP contribution in [0.2, 0.25) is 0 Å². The van der Waals surface area contributed by atoms with Crippen LogP contribution >= 0.6 is 12.2 Å². The molecule has 1 unspecified atom stereocenters. The molecule has 3 nitrogen and oxygen atoms in total. The van der Waals surface area contributed by atoms with E-state index in [1.807, 2.05) is 11.0 Å². The van der Waals surface area contributed by atoms with Gasteiger partial charge in [0.15, 0.2) is 0 Å². The summed E-state index contributed by atoms with van der Waals surface area (Å²) < 4.78 is 13.8. The van der Waals surface area contributed by atoms with Crippen LogP contribution in [-0.2, 0) is 0 Å². The Hall–Kier alpha value is -1.49. The van der Waals surface area contributed by atoms with E-state index in [0.29, 0.717) is 0 Å². The summed E-state index contributed by atoms with van der Waals surface area (Å²) in [4.78, 5) is 2.03. The molecule has 0 aliphatic carbocycles. The van der Waals surface area contributed by atoms with E-state index in [0.717, 1.165) is 24.4 Å². The molecule has 1 N–H and O–H groups in total. The van der Waals surface area contributed by atoms with Crippen molar-refractivity contribution in [3.63, 3.8) is 0 Å². The first-order valence-corrected chi connectivity index (χ1v) is 21.1. The van der Waals surface area contributed by atoms with Gasteiger partial charge in [-0.1, -0.05) is 218 Å². The number of unbranched alkanes of at least 4 members (excludes halogenated alkanes) is 30. The molecule has 5 heteroatoms. The molecule has 0 saturated heterocycles. The number of nitrogens with one attached hydrogen (secondary N) is 1. The Morgan fingerprint density at radius 1 is 0.596 bits per heavy atom. The summed E-state index contributed by atoms with van der Waals surface area (Å²) >= 11 is 5.17. The number of halogens is 1. The van der Waals surface area contributed by atoms with E-state index in [4.69, 9.17) is 12.2 Å². The summed E-state index contributed by atoms with van der Waals surface area (Å²) in [7, 11) is 0. The van der Waals surface area contributed by atoms with E-state index in [1.165, 1.54) is 199 Å². The van der Waals surface area contributed by atoms with Gasteiger partial charge in [-0.25, -0.2) is 4.39 Å². The minimum atomic E-state index is -0.233. The zero-order valence-corrected chi connectivity index (χ0v) is 31.6. The summed E-state index contributed by atoms with van der Waals surface area (Å²) in [5, 5.41) is 6.14. The highest BCUT2D eigenvalue weighted by Gasteiger charge is 2.27. The lowest BCUT2D eigenvalue weighted by Crippen LogP contribution is -2.41.